The number of hydrogen-bond acceptors (Lipinski definition) is 2. The molecule has 3 heteroatoms. The summed E-state index contributed by atoms with van der Waals surface area (Å²) in [6, 6.07) is 6.27. The lowest BCUT2D eigenvalue weighted by Crippen LogP contribution is -2.48. The fourth-order valence-corrected chi connectivity index (χ4v) is 2.91. The third-order valence-electron chi connectivity index (χ3n) is 3.56. The van der Waals surface area contributed by atoms with E-state index in [1.54, 1.807) is 0 Å². The van der Waals surface area contributed by atoms with Gasteiger partial charge in [-0.1, -0.05) is 22.0 Å². The van der Waals surface area contributed by atoms with E-state index in [1.165, 1.54) is 6.42 Å². The van der Waals surface area contributed by atoms with Crippen LogP contribution in [-0.2, 0) is 0 Å². The van der Waals surface area contributed by atoms with Crippen LogP contribution in [0.15, 0.2) is 22.7 Å². The third kappa shape index (κ3) is 1.49. The number of hydrogen-bond donors (Lipinski definition) is 1. The van der Waals surface area contributed by atoms with E-state index in [4.69, 9.17) is 10.5 Å². The van der Waals surface area contributed by atoms with Crippen molar-refractivity contribution < 1.29 is 4.74 Å². The van der Waals surface area contributed by atoms with Crippen molar-refractivity contribution in [3.05, 3.63) is 28.2 Å². The average molecular weight is 268 g/mol. The molecule has 1 atom stereocenters. The lowest BCUT2D eigenvalue weighted by atomic mass is 9.73. The molecule has 3 rings (SSSR count). The first-order valence-corrected chi connectivity index (χ1v) is 6.22. The molecule has 2 nitrogen and oxygen atoms in total. The van der Waals surface area contributed by atoms with Crippen molar-refractivity contribution in [2.45, 2.75) is 37.3 Å². The fourth-order valence-electron chi connectivity index (χ4n) is 2.57. The van der Waals surface area contributed by atoms with Crippen molar-refractivity contribution >= 4 is 15.9 Å². The summed E-state index contributed by atoms with van der Waals surface area (Å²) < 4.78 is 7.16. The molecule has 0 saturated heterocycles. The van der Waals surface area contributed by atoms with Gasteiger partial charge >= 0.3 is 0 Å². The Morgan fingerprint density at radius 1 is 1.40 bits per heavy atom. The Bertz CT molecular complexity index is 401. The molecule has 1 spiro atoms. The quantitative estimate of drug-likeness (QED) is 0.784. The van der Waals surface area contributed by atoms with E-state index in [-0.39, 0.29) is 11.6 Å². The van der Waals surface area contributed by atoms with Crippen LogP contribution in [-0.4, -0.2) is 5.60 Å². The summed E-state index contributed by atoms with van der Waals surface area (Å²) in [6.07, 6.45) is 4.57. The van der Waals surface area contributed by atoms with Gasteiger partial charge in [0.2, 0.25) is 0 Å². The third-order valence-corrected chi connectivity index (χ3v) is 4.05. The minimum atomic E-state index is 0.0627. The second-order valence-corrected chi connectivity index (χ2v) is 5.55. The molecule has 1 unspecified atom stereocenters. The minimum Gasteiger partial charge on any atom is -0.487 e. The predicted octanol–water partition coefficient (Wildman–Crippen LogP) is 3.15. The number of ether oxygens (including phenoxy) is 1. The second-order valence-electron chi connectivity index (χ2n) is 4.63. The van der Waals surface area contributed by atoms with Crippen LogP contribution in [0.1, 0.15) is 37.3 Å². The summed E-state index contributed by atoms with van der Waals surface area (Å²) >= 11 is 3.47. The lowest BCUT2D eigenvalue weighted by molar-refractivity contribution is -0.0329. The van der Waals surface area contributed by atoms with Gasteiger partial charge in [-0.3, -0.25) is 0 Å². The van der Waals surface area contributed by atoms with Gasteiger partial charge in [-0.15, -0.1) is 0 Å². The zero-order valence-corrected chi connectivity index (χ0v) is 10.1. The van der Waals surface area contributed by atoms with Crippen LogP contribution >= 0.6 is 15.9 Å². The zero-order valence-electron chi connectivity index (χ0n) is 8.50. The number of nitrogens with two attached hydrogens (primary N) is 1. The second kappa shape index (κ2) is 3.22. The number of benzene rings is 1. The minimum absolute atomic E-state index is 0.0627. The number of halogens is 1. The van der Waals surface area contributed by atoms with Crippen LogP contribution in [0, 0.1) is 0 Å². The molecule has 2 aliphatic rings. The Labute approximate surface area is 97.9 Å². The molecule has 15 heavy (non-hydrogen) atoms. The summed E-state index contributed by atoms with van der Waals surface area (Å²) in [7, 11) is 0. The molecule has 0 amide bonds. The first-order chi connectivity index (χ1) is 7.19. The SMILES string of the molecule is NC1CC2(CCC2)Oc2cc(Br)ccc21. The summed E-state index contributed by atoms with van der Waals surface area (Å²) in [5.74, 6) is 0.975. The lowest BCUT2D eigenvalue weighted by Gasteiger charge is -2.47. The highest BCUT2D eigenvalue weighted by Crippen LogP contribution is 2.48. The van der Waals surface area contributed by atoms with Crippen LogP contribution in [0.4, 0.5) is 0 Å². The number of rotatable bonds is 0. The van der Waals surface area contributed by atoms with Crippen LogP contribution in [0.3, 0.4) is 0 Å². The van der Waals surface area contributed by atoms with E-state index < -0.39 is 0 Å². The normalized spacial score (nSPS) is 26.7. The molecule has 80 valence electrons. The van der Waals surface area contributed by atoms with Gasteiger partial charge in [0.15, 0.2) is 0 Å². The van der Waals surface area contributed by atoms with Gasteiger partial charge in [0.05, 0.1) is 0 Å². The molecule has 2 N–H and O–H groups in total. The van der Waals surface area contributed by atoms with Gasteiger partial charge in [-0.05, 0) is 31.4 Å². The summed E-state index contributed by atoms with van der Waals surface area (Å²) in [6.45, 7) is 0. The molecule has 0 radical (unpaired) electrons. The van der Waals surface area contributed by atoms with Crippen molar-refractivity contribution in [3.8, 4) is 5.75 Å². The molecule has 0 aromatic heterocycles. The molecule has 1 fully saturated rings. The standard InChI is InChI=1S/C12H14BrNO/c13-8-2-3-9-10(14)7-12(4-1-5-12)15-11(9)6-8/h2-3,6,10H,1,4-5,7,14H2. The van der Waals surface area contributed by atoms with E-state index in [1.807, 2.05) is 12.1 Å². The highest BCUT2D eigenvalue weighted by atomic mass is 79.9. The smallest absolute Gasteiger partial charge is 0.126 e. The maximum Gasteiger partial charge on any atom is 0.126 e. The maximum absolute atomic E-state index is 6.19. The monoisotopic (exact) mass is 267 g/mol. The molecular formula is C12H14BrNO. The van der Waals surface area contributed by atoms with Crippen molar-refractivity contribution in [1.29, 1.82) is 0 Å². The largest absolute Gasteiger partial charge is 0.487 e. The Morgan fingerprint density at radius 2 is 2.20 bits per heavy atom. The van der Waals surface area contributed by atoms with Gasteiger partial charge < -0.3 is 10.5 Å². The van der Waals surface area contributed by atoms with E-state index in [0.717, 1.165) is 35.0 Å². The van der Waals surface area contributed by atoms with Gasteiger partial charge in [0.1, 0.15) is 11.4 Å². The van der Waals surface area contributed by atoms with Crippen LogP contribution < -0.4 is 10.5 Å². The van der Waals surface area contributed by atoms with Crippen molar-refractivity contribution in [1.82, 2.24) is 0 Å². The van der Waals surface area contributed by atoms with E-state index in [2.05, 4.69) is 22.0 Å². The van der Waals surface area contributed by atoms with Crippen LogP contribution in [0.5, 0.6) is 5.75 Å². The molecule has 0 bridgehead atoms. The molecule has 1 saturated carbocycles. The average Bonchev–Trinajstić information content (AvgIpc) is 2.14. The van der Waals surface area contributed by atoms with Crippen LogP contribution in [0.2, 0.25) is 0 Å². The van der Waals surface area contributed by atoms with Crippen molar-refractivity contribution in [3.63, 3.8) is 0 Å². The van der Waals surface area contributed by atoms with Gasteiger partial charge in [-0.25, -0.2) is 0 Å². The summed E-state index contributed by atoms with van der Waals surface area (Å²) in [5, 5.41) is 0. The van der Waals surface area contributed by atoms with Gasteiger partial charge in [0, 0.05) is 22.5 Å². The summed E-state index contributed by atoms with van der Waals surface area (Å²) in [4.78, 5) is 0. The highest BCUT2D eigenvalue weighted by Gasteiger charge is 2.44. The Balaban J connectivity index is 2.01. The molecule has 1 heterocycles. The highest BCUT2D eigenvalue weighted by molar-refractivity contribution is 9.10. The first-order valence-electron chi connectivity index (χ1n) is 5.43. The van der Waals surface area contributed by atoms with Crippen LogP contribution in [0.25, 0.3) is 0 Å². The first kappa shape index (κ1) is 9.67. The molecule has 1 aromatic carbocycles. The van der Waals surface area contributed by atoms with E-state index >= 15 is 0 Å². The molecule has 1 aliphatic heterocycles. The molecule has 1 aliphatic carbocycles. The van der Waals surface area contributed by atoms with Gasteiger partial charge in [0.25, 0.3) is 0 Å². The topological polar surface area (TPSA) is 35.2 Å². The molecular weight excluding hydrogens is 254 g/mol. The summed E-state index contributed by atoms with van der Waals surface area (Å²) in [5.41, 5.74) is 7.40. The predicted molar refractivity (Wildman–Crippen MR) is 62.9 cm³/mol. The van der Waals surface area contributed by atoms with E-state index in [0.29, 0.717) is 0 Å². The maximum atomic E-state index is 6.19. The van der Waals surface area contributed by atoms with Crippen molar-refractivity contribution in [2.24, 2.45) is 5.73 Å². The Morgan fingerprint density at radius 3 is 2.87 bits per heavy atom. The molecule has 1 aromatic rings. The fraction of sp³-hybridized carbons (Fsp3) is 0.500. The van der Waals surface area contributed by atoms with E-state index in [9.17, 15) is 0 Å². The van der Waals surface area contributed by atoms with Gasteiger partial charge in [-0.2, -0.15) is 0 Å². The Hall–Kier alpha value is -0.540. The number of fused-ring (bicyclic) bond motifs is 1. The van der Waals surface area contributed by atoms with Crippen molar-refractivity contribution in [2.75, 3.05) is 0 Å². The zero-order chi connectivity index (χ0) is 10.5. The Kier molecular flexibility index (Phi) is 2.08.